The van der Waals surface area contributed by atoms with Crippen LogP contribution >= 0.6 is 0 Å². The minimum Gasteiger partial charge on any atom is -0.456 e. The van der Waals surface area contributed by atoms with Gasteiger partial charge in [0.05, 0.1) is 8.07 Å². The van der Waals surface area contributed by atoms with Crippen molar-refractivity contribution >= 4 is 81.1 Å². The predicted octanol–water partition coefficient (Wildman–Crippen LogP) is 14.0. The van der Waals surface area contributed by atoms with Gasteiger partial charge in [-0.2, -0.15) is 0 Å². The summed E-state index contributed by atoms with van der Waals surface area (Å²) in [5, 5.41) is 9.22. The van der Waals surface area contributed by atoms with E-state index in [0.29, 0.717) is 0 Å². The molecule has 0 aliphatic heterocycles. The summed E-state index contributed by atoms with van der Waals surface area (Å²) < 4.78 is 6.15. The van der Waals surface area contributed by atoms with Crippen LogP contribution in [-0.2, 0) is 0 Å². The predicted molar refractivity (Wildman–Crippen MR) is 291 cm³/mol. The SMILES string of the molecule is C[Si](C)(C)c1ccc(-c2ccc(N(c3ccc(-c4ccc([Si](c5ccccc5)(c5ccccc5)c5ccccc5)cc4)cc3)c3ccc(-c4ccc5oc6ccccc6c5c4)cc3)cc2)cc1. The quantitative estimate of drug-likeness (QED) is 0.0950. The molecule has 0 atom stereocenters. The fourth-order valence-corrected chi connectivity index (χ4v) is 15.8. The molecule has 0 unspecified atom stereocenters. The Morgan fingerprint density at radius 2 is 0.612 bits per heavy atom. The van der Waals surface area contributed by atoms with E-state index in [1.807, 2.05) is 12.1 Å². The molecule has 1 heterocycles. The summed E-state index contributed by atoms with van der Waals surface area (Å²) in [5.74, 6) is 0. The Morgan fingerprint density at radius 1 is 0.284 bits per heavy atom. The number of rotatable bonds is 11. The zero-order valence-corrected chi connectivity index (χ0v) is 40.1. The van der Waals surface area contributed by atoms with Crippen LogP contribution in [0.5, 0.6) is 0 Å². The molecule has 67 heavy (non-hydrogen) atoms. The summed E-state index contributed by atoms with van der Waals surface area (Å²) in [6, 6.07) is 93.7. The molecule has 0 spiro atoms. The van der Waals surface area contributed by atoms with E-state index in [-0.39, 0.29) is 0 Å². The molecular weight excluding hydrogens is 843 g/mol. The third-order valence-corrected chi connectivity index (χ3v) is 20.3. The topological polar surface area (TPSA) is 16.4 Å². The van der Waals surface area contributed by atoms with Crippen LogP contribution in [0.2, 0.25) is 19.6 Å². The Kier molecular flexibility index (Phi) is 11.0. The average Bonchev–Trinajstić information content (AvgIpc) is 3.76. The van der Waals surface area contributed by atoms with Crippen LogP contribution in [0.4, 0.5) is 17.1 Å². The first-order valence-electron chi connectivity index (χ1n) is 23.2. The van der Waals surface area contributed by atoms with Gasteiger partial charge >= 0.3 is 0 Å². The molecule has 0 amide bonds. The van der Waals surface area contributed by atoms with Crippen LogP contribution in [0.1, 0.15) is 0 Å². The molecule has 4 heteroatoms. The molecule has 11 aromatic rings. The van der Waals surface area contributed by atoms with E-state index < -0.39 is 16.1 Å². The first-order chi connectivity index (χ1) is 32.8. The normalized spacial score (nSPS) is 11.8. The lowest BCUT2D eigenvalue weighted by Crippen LogP contribution is -2.74. The van der Waals surface area contributed by atoms with Gasteiger partial charge in [-0.3, -0.25) is 0 Å². The molecule has 0 fully saturated rings. The third kappa shape index (κ3) is 7.95. The van der Waals surface area contributed by atoms with E-state index in [4.69, 9.17) is 4.42 Å². The van der Waals surface area contributed by atoms with Crippen LogP contribution < -0.4 is 30.8 Å². The molecule has 0 saturated carbocycles. The van der Waals surface area contributed by atoms with E-state index in [0.717, 1.165) is 50.1 Å². The second-order valence-corrected chi connectivity index (χ2v) is 27.4. The highest BCUT2D eigenvalue weighted by Gasteiger charge is 2.41. The zero-order valence-electron chi connectivity index (χ0n) is 38.1. The summed E-state index contributed by atoms with van der Waals surface area (Å²) in [4.78, 5) is 2.36. The maximum Gasteiger partial charge on any atom is 0.179 e. The lowest BCUT2D eigenvalue weighted by molar-refractivity contribution is 0.669. The average molecular weight is 894 g/mol. The van der Waals surface area contributed by atoms with Gasteiger partial charge in [-0.15, -0.1) is 0 Å². The van der Waals surface area contributed by atoms with Crippen molar-refractivity contribution in [3.8, 4) is 33.4 Å². The highest BCUT2D eigenvalue weighted by molar-refractivity contribution is 7.19. The molecule has 11 rings (SSSR count). The Labute approximate surface area is 396 Å². The maximum absolute atomic E-state index is 6.15. The van der Waals surface area contributed by atoms with E-state index >= 15 is 0 Å². The van der Waals surface area contributed by atoms with Gasteiger partial charge in [-0.25, -0.2) is 0 Å². The minimum absolute atomic E-state index is 0.907. The number of hydrogen-bond donors (Lipinski definition) is 0. The smallest absolute Gasteiger partial charge is 0.179 e. The van der Waals surface area contributed by atoms with Crippen LogP contribution in [0.15, 0.2) is 259 Å². The van der Waals surface area contributed by atoms with E-state index in [9.17, 15) is 0 Å². The Morgan fingerprint density at radius 3 is 1.04 bits per heavy atom. The summed E-state index contributed by atoms with van der Waals surface area (Å²) >= 11 is 0. The lowest BCUT2D eigenvalue weighted by Gasteiger charge is -2.34. The van der Waals surface area contributed by atoms with Gasteiger partial charge in [0.1, 0.15) is 11.2 Å². The van der Waals surface area contributed by atoms with Gasteiger partial charge in [-0.1, -0.05) is 225 Å². The van der Waals surface area contributed by atoms with E-state index in [2.05, 4.69) is 267 Å². The van der Waals surface area contributed by atoms with Gasteiger partial charge < -0.3 is 9.32 Å². The number of nitrogens with zero attached hydrogens (tertiary/aromatic N) is 1. The van der Waals surface area contributed by atoms with Crippen LogP contribution in [0, 0.1) is 0 Å². The van der Waals surface area contributed by atoms with Crippen LogP contribution in [0.25, 0.3) is 55.3 Å². The van der Waals surface area contributed by atoms with Crippen molar-refractivity contribution in [3.63, 3.8) is 0 Å². The molecule has 0 aliphatic rings. The molecule has 10 aromatic carbocycles. The fourth-order valence-electron chi connectivity index (χ4n) is 9.90. The van der Waals surface area contributed by atoms with Gasteiger partial charge in [-0.05, 0) is 109 Å². The second kappa shape index (κ2) is 17.6. The van der Waals surface area contributed by atoms with Crippen LogP contribution in [0.3, 0.4) is 0 Å². The highest BCUT2D eigenvalue weighted by Crippen LogP contribution is 2.39. The molecule has 1 aromatic heterocycles. The van der Waals surface area contributed by atoms with Crippen molar-refractivity contribution in [3.05, 3.63) is 255 Å². The van der Waals surface area contributed by atoms with Crippen molar-refractivity contribution in [1.82, 2.24) is 0 Å². The summed E-state index contributed by atoms with van der Waals surface area (Å²) in [5.41, 5.74) is 12.2. The van der Waals surface area contributed by atoms with E-state index in [1.54, 1.807) is 0 Å². The Balaban J connectivity index is 0.948. The highest BCUT2D eigenvalue weighted by atomic mass is 28.3. The number of anilines is 3. The van der Waals surface area contributed by atoms with Crippen molar-refractivity contribution < 1.29 is 4.42 Å². The number of benzene rings is 10. The third-order valence-electron chi connectivity index (χ3n) is 13.4. The molecule has 0 N–H and O–H groups in total. The van der Waals surface area contributed by atoms with Gasteiger partial charge in [0, 0.05) is 27.8 Å². The maximum atomic E-state index is 6.15. The first kappa shape index (κ1) is 41.9. The summed E-state index contributed by atoms with van der Waals surface area (Å²) in [6.07, 6.45) is 0. The standard InChI is InChI=1S/C63H51NOSi2/c1-66(2,3)55-40-29-48(30-41-55)46-23-34-52(35-24-46)64(54-38-27-50(28-39-54)51-33-44-63-61(45-51)60-21-13-14-22-62(60)65-63)53-36-25-47(26-37-53)49-31-42-59(43-32-49)67(56-15-7-4-8-16-56,57-17-9-5-10-18-57)58-19-11-6-12-20-58/h4-45H,1-3H3. The number of furan rings is 1. The molecule has 0 bridgehead atoms. The number of para-hydroxylation sites is 1. The Hall–Kier alpha value is -7.77. The monoisotopic (exact) mass is 893 g/mol. The first-order valence-corrected chi connectivity index (χ1v) is 28.7. The summed E-state index contributed by atoms with van der Waals surface area (Å²) in [7, 11) is -4.00. The van der Waals surface area contributed by atoms with Crippen molar-refractivity contribution in [1.29, 1.82) is 0 Å². The van der Waals surface area contributed by atoms with Gasteiger partial charge in [0.25, 0.3) is 0 Å². The molecule has 0 radical (unpaired) electrons. The number of fused-ring (bicyclic) bond motifs is 3. The Bertz CT molecular complexity index is 3340. The second-order valence-electron chi connectivity index (χ2n) is 18.5. The summed E-state index contributed by atoms with van der Waals surface area (Å²) in [6.45, 7) is 7.20. The van der Waals surface area contributed by atoms with E-state index in [1.165, 1.54) is 48.2 Å². The fraction of sp³-hybridized carbons (Fsp3) is 0.0476. The lowest BCUT2D eigenvalue weighted by atomic mass is 10.0. The van der Waals surface area contributed by atoms with Crippen molar-refractivity contribution in [2.24, 2.45) is 0 Å². The molecule has 0 saturated heterocycles. The largest absolute Gasteiger partial charge is 0.456 e. The van der Waals surface area contributed by atoms with Crippen molar-refractivity contribution in [2.45, 2.75) is 19.6 Å². The van der Waals surface area contributed by atoms with Gasteiger partial charge in [0.2, 0.25) is 0 Å². The van der Waals surface area contributed by atoms with Gasteiger partial charge in [0.15, 0.2) is 8.07 Å². The minimum atomic E-state index is -2.61. The van der Waals surface area contributed by atoms with Crippen molar-refractivity contribution in [2.75, 3.05) is 4.90 Å². The molecular formula is C63H51NOSi2. The molecule has 0 aliphatic carbocycles. The molecule has 322 valence electrons. The zero-order chi connectivity index (χ0) is 45.4. The van der Waals surface area contributed by atoms with Crippen LogP contribution in [-0.4, -0.2) is 16.1 Å². The molecule has 2 nitrogen and oxygen atoms in total. The number of hydrogen-bond acceptors (Lipinski definition) is 2.